The van der Waals surface area contributed by atoms with Gasteiger partial charge in [-0.2, -0.15) is 4.31 Å². The van der Waals surface area contributed by atoms with Crippen LogP contribution < -0.4 is 14.8 Å². The second-order valence-electron chi connectivity index (χ2n) is 6.74. The Balaban J connectivity index is 1.78. The Morgan fingerprint density at radius 1 is 1.14 bits per heavy atom. The van der Waals surface area contributed by atoms with Crippen molar-refractivity contribution in [3.8, 4) is 11.5 Å². The largest absolute Gasteiger partial charge is 0.495 e. The molecule has 2 aromatic carbocycles. The summed E-state index contributed by atoms with van der Waals surface area (Å²) in [4.78, 5) is 12.7. The smallest absolute Gasteiger partial charge is 0.251 e. The van der Waals surface area contributed by atoms with Gasteiger partial charge in [0.25, 0.3) is 5.91 Å². The Labute approximate surface area is 171 Å². The van der Waals surface area contributed by atoms with Gasteiger partial charge in [0, 0.05) is 25.2 Å². The average Bonchev–Trinajstić information content (AvgIpc) is 3.28. The molecule has 156 valence electrons. The maximum atomic E-state index is 13.0. The third kappa shape index (κ3) is 4.89. The van der Waals surface area contributed by atoms with Crippen LogP contribution in [-0.4, -0.2) is 45.4 Å². The summed E-state index contributed by atoms with van der Waals surface area (Å²) in [6.07, 6.45) is 1.67. The number of carbonyl (C=O) groups is 1. The number of nitrogens with zero attached hydrogens (tertiary/aromatic N) is 1. The number of amides is 1. The summed E-state index contributed by atoms with van der Waals surface area (Å²) in [6.45, 7) is 3.75. The molecule has 0 spiro atoms. The van der Waals surface area contributed by atoms with E-state index in [-0.39, 0.29) is 22.1 Å². The molecule has 0 bridgehead atoms. The summed E-state index contributed by atoms with van der Waals surface area (Å²) in [5.74, 6) is 0.618. The third-order valence-electron chi connectivity index (χ3n) is 4.77. The Kier molecular flexibility index (Phi) is 6.76. The van der Waals surface area contributed by atoms with Gasteiger partial charge in [-0.3, -0.25) is 4.79 Å². The van der Waals surface area contributed by atoms with Crippen molar-refractivity contribution in [3.63, 3.8) is 0 Å². The fraction of sp³-hybridized carbons (Fsp3) is 0.381. The van der Waals surface area contributed by atoms with Crippen LogP contribution in [0.15, 0.2) is 47.4 Å². The number of hydrogen-bond acceptors (Lipinski definition) is 5. The van der Waals surface area contributed by atoms with E-state index >= 15 is 0 Å². The summed E-state index contributed by atoms with van der Waals surface area (Å²) < 4.78 is 38.1. The summed E-state index contributed by atoms with van der Waals surface area (Å²) >= 11 is 0. The summed E-state index contributed by atoms with van der Waals surface area (Å²) in [5.41, 5.74) is 1.16. The molecule has 3 rings (SSSR count). The third-order valence-corrected chi connectivity index (χ3v) is 6.69. The maximum Gasteiger partial charge on any atom is 0.251 e. The van der Waals surface area contributed by atoms with Gasteiger partial charge < -0.3 is 14.8 Å². The lowest BCUT2D eigenvalue weighted by molar-refractivity contribution is 0.0950. The molecule has 1 fully saturated rings. The summed E-state index contributed by atoms with van der Waals surface area (Å²) in [6, 6.07) is 11.9. The molecule has 0 aliphatic carbocycles. The minimum absolute atomic E-state index is 0.0212. The number of ether oxygens (including phenoxy) is 2. The molecule has 0 atom stereocenters. The van der Waals surface area contributed by atoms with E-state index in [9.17, 15) is 13.2 Å². The molecule has 1 N–H and O–H groups in total. The van der Waals surface area contributed by atoms with Crippen LogP contribution >= 0.6 is 0 Å². The first-order valence-electron chi connectivity index (χ1n) is 9.64. The second-order valence-corrected chi connectivity index (χ2v) is 8.65. The van der Waals surface area contributed by atoms with Crippen LogP contribution in [0.1, 0.15) is 35.7 Å². The number of benzene rings is 2. The van der Waals surface area contributed by atoms with Gasteiger partial charge in [-0.25, -0.2) is 8.42 Å². The molecule has 2 aromatic rings. The minimum atomic E-state index is -3.70. The molecule has 1 amide bonds. The first-order chi connectivity index (χ1) is 14.0. The number of rotatable bonds is 8. The van der Waals surface area contributed by atoms with Crippen LogP contribution in [0.5, 0.6) is 11.5 Å². The Morgan fingerprint density at radius 3 is 2.59 bits per heavy atom. The predicted molar refractivity (Wildman–Crippen MR) is 110 cm³/mol. The molecule has 7 nitrogen and oxygen atoms in total. The number of hydrogen-bond donors (Lipinski definition) is 1. The van der Waals surface area contributed by atoms with Crippen LogP contribution in [0.3, 0.4) is 0 Å². The Morgan fingerprint density at radius 2 is 1.90 bits per heavy atom. The molecule has 0 saturated carbocycles. The first kappa shape index (κ1) is 21.1. The molecular weight excluding hydrogens is 392 g/mol. The van der Waals surface area contributed by atoms with E-state index in [4.69, 9.17) is 9.47 Å². The van der Waals surface area contributed by atoms with Crippen LogP contribution in [0, 0.1) is 0 Å². The fourth-order valence-corrected chi connectivity index (χ4v) is 4.98. The highest BCUT2D eigenvalue weighted by Crippen LogP contribution is 2.29. The van der Waals surface area contributed by atoms with Gasteiger partial charge in [0.15, 0.2) is 0 Å². The van der Waals surface area contributed by atoms with Crippen molar-refractivity contribution in [3.05, 3.63) is 53.6 Å². The van der Waals surface area contributed by atoms with Crippen molar-refractivity contribution in [1.29, 1.82) is 0 Å². The lowest BCUT2D eigenvalue weighted by atomic mass is 10.2. The van der Waals surface area contributed by atoms with Crippen LogP contribution in [-0.2, 0) is 16.6 Å². The minimum Gasteiger partial charge on any atom is -0.495 e. The molecule has 1 aliphatic heterocycles. The van der Waals surface area contributed by atoms with Gasteiger partial charge in [-0.1, -0.05) is 12.1 Å². The van der Waals surface area contributed by atoms with Crippen molar-refractivity contribution in [2.24, 2.45) is 0 Å². The zero-order valence-electron chi connectivity index (χ0n) is 16.7. The van der Waals surface area contributed by atoms with Crippen molar-refractivity contribution in [1.82, 2.24) is 9.62 Å². The molecule has 29 heavy (non-hydrogen) atoms. The van der Waals surface area contributed by atoms with E-state index in [0.717, 1.165) is 24.2 Å². The number of carbonyl (C=O) groups excluding carboxylic acids is 1. The molecule has 1 heterocycles. The lowest BCUT2D eigenvalue weighted by Gasteiger charge is -2.18. The molecule has 1 saturated heterocycles. The van der Waals surface area contributed by atoms with Crippen molar-refractivity contribution >= 4 is 15.9 Å². The van der Waals surface area contributed by atoms with E-state index in [2.05, 4.69) is 5.32 Å². The van der Waals surface area contributed by atoms with Gasteiger partial charge in [0.1, 0.15) is 16.4 Å². The highest BCUT2D eigenvalue weighted by atomic mass is 32.2. The highest BCUT2D eigenvalue weighted by Gasteiger charge is 2.30. The van der Waals surface area contributed by atoms with Gasteiger partial charge in [0.2, 0.25) is 10.0 Å². The van der Waals surface area contributed by atoms with Gasteiger partial charge in [-0.05, 0) is 55.7 Å². The maximum absolute atomic E-state index is 13.0. The van der Waals surface area contributed by atoms with E-state index in [0.29, 0.717) is 26.2 Å². The van der Waals surface area contributed by atoms with E-state index in [1.165, 1.54) is 23.5 Å². The molecular formula is C21H26N2O5S. The summed E-state index contributed by atoms with van der Waals surface area (Å²) in [7, 11) is -2.28. The van der Waals surface area contributed by atoms with Crippen LogP contribution in [0.2, 0.25) is 0 Å². The van der Waals surface area contributed by atoms with E-state index in [1.54, 1.807) is 6.07 Å². The van der Waals surface area contributed by atoms with Gasteiger partial charge in [-0.15, -0.1) is 0 Å². The topological polar surface area (TPSA) is 84.9 Å². The number of sulfonamides is 1. The standard InChI is InChI=1S/C21H26N2O5S/c1-3-28-18-8-6-7-16(13-18)15-22-21(24)17-9-10-19(27-2)20(14-17)29(25,26)23-11-4-5-12-23/h6-10,13-14H,3-5,11-12,15H2,1-2H3,(H,22,24). The summed E-state index contributed by atoms with van der Waals surface area (Å²) in [5, 5.41) is 2.83. The second kappa shape index (κ2) is 9.28. The molecule has 8 heteroatoms. The first-order valence-corrected chi connectivity index (χ1v) is 11.1. The normalized spacial score (nSPS) is 14.6. The molecule has 0 aromatic heterocycles. The quantitative estimate of drug-likeness (QED) is 0.713. The number of nitrogens with one attached hydrogen (secondary N) is 1. The van der Waals surface area contributed by atoms with E-state index in [1.807, 2.05) is 31.2 Å². The van der Waals surface area contributed by atoms with Crippen molar-refractivity contribution in [2.45, 2.75) is 31.2 Å². The highest BCUT2D eigenvalue weighted by molar-refractivity contribution is 7.89. The monoisotopic (exact) mass is 418 g/mol. The van der Waals surface area contributed by atoms with Gasteiger partial charge >= 0.3 is 0 Å². The molecule has 1 aliphatic rings. The molecule has 0 radical (unpaired) electrons. The van der Waals surface area contributed by atoms with Crippen molar-refractivity contribution in [2.75, 3.05) is 26.8 Å². The zero-order chi connectivity index (χ0) is 20.9. The fourth-order valence-electron chi connectivity index (χ4n) is 3.28. The Hall–Kier alpha value is -2.58. The van der Waals surface area contributed by atoms with Gasteiger partial charge in [0.05, 0.1) is 13.7 Å². The van der Waals surface area contributed by atoms with Crippen molar-refractivity contribution < 1.29 is 22.7 Å². The van der Waals surface area contributed by atoms with Crippen LogP contribution in [0.4, 0.5) is 0 Å². The SMILES string of the molecule is CCOc1cccc(CNC(=O)c2ccc(OC)c(S(=O)(=O)N3CCCC3)c2)c1. The number of methoxy groups -OCH3 is 1. The Bertz CT molecular complexity index is 969. The molecule has 0 unspecified atom stereocenters. The predicted octanol–water partition coefficient (Wildman–Crippen LogP) is 2.81. The van der Waals surface area contributed by atoms with E-state index < -0.39 is 10.0 Å². The lowest BCUT2D eigenvalue weighted by Crippen LogP contribution is -2.29. The van der Waals surface area contributed by atoms with Crippen LogP contribution in [0.25, 0.3) is 0 Å². The average molecular weight is 419 g/mol. The zero-order valence-corrected chi connectivity index (χ0v) is 17.5.